The zero-order chi connectivity index (χ0) is 17.3. The second-order valence-electron chi connectivity index (χ2n) is 5.19. The molecule has 118 valence electrons. The van der Waals surface area contributed by atoms with Gasteiger partial charge in [0, 0.05) is 33.2 Å². The topological polar surface area (TPSA) is 73.7 Å². The quantitative estimate of drug-likeness (QED) is 0.572. The lowest BCUT2D eigenvalue weighted by molar-refractivity contribution is 0.0846. The van der Waals surface area contributed by atoms with Crippen molar-refractivity contribution in [2.45, 2.75) is 0 Å². The van der Waals surface area contributed by atoms with Crippen LogP contribution in [0.2, 0.25) is 5.02 Å². The molecule has 4 nitrogen and oxygen atoms in total. The Labute approximate surface area is 141 Å². The van der Waals surface area contributed by atoms with Gasteiger partial charge in [0.05, 0.1) is 6.07 Å². The van der Waals surface area contributed by atoms with E-state index in [1.807, 2.05) is 0 Å². The van der Waals surface area contributed by atoms with Crippen molar-refractivity contribution in [3.05, 3.63) is 70.6 Å². The van der Waals surface area contributed by atoms with Gasteiger partial charge >= 0.3 is 0 Å². The van der Waals surface area contributed by atoms with E-state index in [1.165, 1.54) is 24.4 Å². The Morgan fingerprint density at radius 1 is 1.17 bits per heavy atom. The highest BCUT2D eigenvalue weighted by Gasteiger charge is 2.30. The fourth-order valence-electron chi connectivity index (χ4n) is 2.50. The van der Waals surface area contributed by atoms with Gasteiger partial charge in [-0.05, 0) is 24.3 Å². The summed E-state index contributed by atoms with van der Waals surface area (Å²) in [5, 5.41) is 10.4. The Morgan fingerprint density at radius 2 is 1.96 bits per heavy atom. The molecule has 0 aliphatic carbocycles. The van der Waals surface area contributed by atoms with E-state index < -0.39 is 23.3 Å². The molecular formula is C18H10ClFN2O2. The summed E-state index contributed by atoms with van der Waals surface area (Å²) in [5.41, 5.74) is 0.830. The maximum absolute atomic E-state index is 13.3. The first-order valence-corrected chi connectivity index (χ1v) is 7.39. The van der Waals surface area contributed by atoms with E-state index >= 15 is 0 Å². The minimum absolute atomic E-state index is 0.0159. The summed E-state index contributed by atoms with van der Waals surface area (Å²) in [6, 6.07) is 11.5. The van der Waals surface area contributed by atoms with E-state index in [0.29, 0.717) is 15.9 Å². The molecule has 3 rings (SSSR count). The molecule has 1 N–H and O–H groups in total. The number of rotatable bonds is 4. The molecule has 0 aliphatic heterocycles. The van der Waals surface area contributed by atoms with Crippen molar-refractivity contribution in [1.29, 1.82) is 5.26 Å². The first-order chi connectivity index (χ1) is 11.5. The van der Waals surface area contributed by atoms with Crippen molar-refractivity contribution in [3.8, 4) is 6.07 Å². The van der Waals surface area contributed by atoms with E-state index in [9.17, 15) is 19.2 Å². The van der Waals surface area contributed by atoms with Crippen molar-refractivity contribution in [2.75, 3.05) is 0 Å². The number of nitrogens with zero attached hydrogens (tertiary/aromatic N) is 1. The van der Waals surface area contributed by atoms with E-state index in [-0.39, 0.29) is 11.1 Å². The average molecular weight is 341 g/mol. The Bertz CT molecular complexity index is 1000. The largest absolute Gasteiger partial charge is 0.360 e. The third kappa shape index (κ3) is 2.80. The van der Waals surface area contributed by atoms with Crippen molar-refractivity contribution in [2.24, 2.45) is 5.92 Å². The lowest BCUT2D eigenvalue weighted by Gasteiger charge is -2.07. The zero-order valence-electron chi connectivity index (χ0n) is 12.2. The number of halogens is 2. The second-order valence-corrected chi connectivity index (χ2v) is 5.63. The molecule has 0 fully saturated rings. The fourth-order valence-corrected chi connectivity index (χ4v) is 2.67. The summed E-state index contributed by atoms with van der Waals surface area (Å²) in [7, 11) is 0. The fraction of sp³-hybridized carbons (Fsp3) is 0.0556. The van der Waals surface area contributed by atoms with Crippen LogP contribution in [-0.4, -0.2) is 16.6 Å². The van der Waals surface area contributed by atoms with Gasteiger partial charge in [-0.3, -0.25) is 9.59 Å². The molecule has 1 heterocycles. The molecule has 24 heavy (non-hydrogen) atoms. The molecule has 3 aromatic rings. The number of benzene rings is 2. The van der Waals surface area contributed by atoms with Crippen molar-refractivity contribution in [3.63, 3.8) is 0 Å². The molecule has 0 spiro atoms. The smallest absolute Gasteiger partial charge is 0.190 e. The van der Waals surface area contributed by atoms with Crippen LogP contribution in [0.15, 0.2) is 48.7 Å². The monoisotopic (exact) mass is 340 g/mol. The third-order valence-electron chi connectivity index (χ3n) is 3.67. The van der Waals surface area contributed by atoms with Crippen molar-refractivity contribution in [1.82, 2.24) is 4.98 Å². The summed E-state index contributed by atoms with van der Waals surface area (Å²) in [6.45, 7) is 0. The minimum atomic E-state index is -1.54. The number of H-pyrrole nitrogens is 1. The van der Waals surface area contributed by atoms with Crippen LogP contribution < -0.4 is 0 Å². The lowest BCUT2D eigenvalue weighted by atomic mass is 9.91. The van der Waals surface area contributed by atoms with Gasteiger partial charge in [0.25, 0.3) is 0 Å². The average Bonchev–Trinajstić information content (AvgIpc) is 2.98. The molecule has 6 heteroatoms. The number of aromatic nitrogens is 1. The molecule has 1 aromatic heterocycles. The van der Waals surface area contributed by atoms with Crippen LogP contribution in [0.5, 0.6) is 0 Å². The van der Waals surface area contributed by atoms with E-state index in [1.54, 1.807) is 24.3 Å². The number of hydrogen-bond acceptors (Lipinski definition) is 3. The van der Waals surface area contributed by atoms with Gasteiger partial charge in [-0.2, -0.15) is 5.26 Å². The van der Waals surface area contributed by atoms with E-state index in [4.69, 9.17) is 11.6 Å². The van der Waals surface area contributed by atoms with Gasteiger partial charge < -0.3 is 4.98 Å². The van der Waals surface area contributed by atoms with Crippen molar-refractivity contribution >= 4 is 34.1 Å². The van der Waals surface area contributed by atoms with Crippen LogP contribution in [0.25, 0.3) is 10.9 Å². The summed E-state index contributed by atoms with van der Waals surface area (Å²) in [6.07, 6.45) is 1.44. The second kappa shape index (κ2) is 6.26. The van der Waals surface area contributed by atoms with Crippen molar-refractivity contribution < 1.29 is 14.0 Å². The zero-order valence-corrected chi connectivity index (χ0v) is 13.0. The summed E-state index contributed by atoms with van der Waals surface area (Å²) in [5.74, 6) is -3.51. The predicted molar refractivity (Wildman–Crippen MR) is 87.5 cm³/mol. The number of hydrogen-bond donors (Lipinski definition) is 1. The number of carbonyl (C=O) groups is 2. The minimum Gasteiger partial charge on any atom is -0.360 e. The molecule has 0 saturated heterocycles. The number of fused-ring (bicyclic) bond motifs is 1. The number of ketones is 2. The number of nitriles is 1. The first-order valence-electron chi connectivity index (χ1n) is 7.01. The van der Waals surface area contributed by atoms with Crippen LogP contribution in [0.1, 0.15) is 20.7 Å². The normalized spacial score (nSPS) is 11.9. The van der Waals surface area contributed by atoms with Crippen LogP contribution in [0, 0.1) is 23.1 Å². The molecule has 0 saturated carbocycles. The Kier molecular flexibility index (Phi) is 4.15. The number of nitrogens with one attached hydrogen (secondary N) is 1. The highest BCUT2D eigenvalue weighted by Crippen LogP contribution is 2.25. The van der Waals surface area contributed by atoms with Crippen LogP contribution in [0.3, 0.4) is 0 Å². The molecule has 2 aromatic carbocycles. The molecule has 0 aliphatic rings. The summed E-state index contributed by atoms with van der Waals surface area (Å²) >= 11 is 5.90. The molecular weight excluding hydrogens is 331 g/mol. The molecule has 0 radical (unpaired) electrons. The number of carbonyl (C=O) groups excluding carboxylic acids is 2. The maximum atomic E-state index is 13.3. The van der Waals surface area contributed by atoms with Gasteiger partial charge in [0.2, 0.25) is 0 Å². The molecule has 1 unspecified atom stereocenters. The Balaban J connectivity index is 2.00. The third-order valence-corrected chi connectivity index (χ3v) is 3.91. The first kappa shape index (κ1) is 15.9. The molecule has 1 atom stereocenters. The lowest BCUT2D eigenvalue weighted by Crippen LogP contribution is -2.23. The Morgan fingerprint density at radius 3 is 2.67 bits per heavy atom. The number of aromatic amines is 1. The van der Waals surface area contributed by atoms with Gasteiger partial charge in [-0.1, -0.05) is 29.8 Å². The predicted octanol–water partition coefficient (Wildman–Crippen LogP) is 4.17. The van der Waals surface area contributed by atoms with E-state index in [2.05, 4.69) is 4.98 Å². The van der Waals surface area contributed by atoms with Gasteiger partial charge in [0.15, 0.2) is 17.5 Å². The highest BCUT2D eigenvalue weighted by molar-refractivity contribution is 6.31. The van der Waals surface area contributed by atoms with Crippen LogP contribution in [-0.2, 0) is 0 Å². The van der Waals surface area contributed by atoms with Crippen LogP contribution in [0.4, 0.5) is 4.39 Å². The molecule has 0 bridgehead atoms. The van der Waals surface area contributed by atoms with Gasteiger partial charge in [-0.15, -0.1) is 0 Å². The van der Waals surface area contributed by atoms with E-state index in [0.717, 1.165) is 6.07 Å². The molecule has 0 amide bonds. The van der Waals surface area contributed by atoms with Gasteiger partial charge in [-0.25, -0.2) is 4.39 Å². The van der Waals surface area contributed by atoms with Crippen LogP contribution >= 0.6 is 11.6 Å². The summed E-state index contributed by atoms with van der Waals surface area (Å²) < 4.78 is 13.3. The Hall–Kier alpha value is -2.97. The highest BCUT2D eigenvalue weighted by atomic mass is 35.5. The van der Waals surface area contributed by atoms with Gasteiger partial charge in [0.1, 0.15) is 5.82 Å². The standard InChI is InChI=1S/C18H10ClFN2O2/c19-11-4-5-13-15(9-22-16(13)7-11)18(24)14(8-21)17(23)10-2-1-3-12(20)6-10/h1-7,9,14,22H. The SMILES string of the molecule is N#CC(C(=O)c1cccc(F)c1)C(=O)c1c[nH]c2cc(Cl)ccc12. The maximum Gasteiger partial charge on any atom is 0.190 e. The summed E-state index contributed by atoms with van der Waals surface area (Å²) in [4.78, 5) is 27.9. The number of Topliss-reactive ketones (excluding diaryl/α,β-unsaturated/α-hetero) is 2.